The van der Waals surface area contributed by atoms with Crippen molar-refractivity contribution in [3.05, 3.63) is 41.6 Å². The topological polar surface area (TPSA) is 78.1 Å². The number of phenolic OH excluding ortho intramolecular Hbond substituents is 2. The lowest BCUT2D eigenvalue weighted by molar-refractivity contribution is 0.447. The van der Waals surface area contributed by atoms with E-state index in [1.165, 1.54) is 6.07 Å². The Bertz CT molecular complexity index is 595. The molecule has 92 valence electrons. The first kappa shape index (κ1) is 12.0. The SMILES string of the molecule is Cc1c(O)cc(O)c(/N=N/c2ccccn2)c1C. The highest BCUT2D eigenvalue weighted by molar-refractivity contribution is 5.63. The Kier molecular flexibility index (Phi) is 3.23. The van der Waals surface area contributed by atoms with Gasteiger partial charge in [-0.25, -0.2) is 4.98 Å². The van der Waals surface area contributed by atoms with Gasteiger partial charge in [-0.3, -0.25) is 0 Å². The van der Waals surface area contributed by atoms with Gasteiger partial charge >= 0.3 is 0 Å². The highest BCUT2D eigenvalue weighted by Crippen LogP contribution is 2.38. The molecule has 2 N–H and O–H groups in total. The van der Waals surface area contributed by atoms with Gasteiger partial charge in [-0.2, -0.15) is 0 Å². The molecule has 1 aromatic carbocycles. The van der Waals surface area contributed by atoms with Crippen LogP contribution in [0, 0.1) is 13.8 Å². The lowest BCUT2D eigenvalue weighted by Gasteiger charge is -2.07. The fourth-order valence-corrected chi connectivity index (χ4v) is 1.51. The number of pyridine rings is 1. The van der Waals surface area contributed by atoms with Gasteiger partial charge in [0.25, 0.3) is 0 Å². The van der Waals surface area contributed by atoms with E-state index in [0.29, 0.717) is 22.6 Å². The van der Waals surface area contributed by atoms with Crippen LogP contribution in [0.25, 0.3) is 0 Å². The highest BCUT2D eigenvalue weighted by Gasteiger charge is 2.11. The monoisotopic (exact) mass is 243 g/mol. The zero-order chi connectivity index (χ0) is 13.1. The van der Waals surface area contributed by atoms with Crippen molar-refractivity contribution >= 4 is 11.5 Å². The van der Waals surface area contributed by atoms with Crippen LogP contribution >= 0.6 is 0 Å². The van der Waals surface area contributed by atoms with Crippen LogP contribution in [0.5, 0.6) is 11.5 Å². The standard InChI is InChI=1S/C13H13N3O2/c1-8-9(2)13(11(18)7-10(8)17)16-15-12-5-3-4-6-14-12/h3-7,17-18H,1-2H3/b16-15+. The van der Waals surface area contributed by atoms with Gasteiger partial charge in [0.15, 0.2) is 5.82 Å². The summed E-state index contributed by atoms with van der Waals surface area (Å²) in [5, 5.41) is 27.2. The molecule has 0 spiro atoms. The normalized spacial score (nSPS) is 11.0. The van der Waals surface area contributed by atoms with Crippen molar-refractivity contribution in [1.29, 1.82) is 0 Å². The van der Waals surface area contributed by atoms with Crippen LogP contribution in [0.1, 0.15) is 11.1 Å². The zero-order valence-corrected chi connectivity index (χ0v) is 10.1. The third-order valence-electron chi connectivity index (χ3n) is 2.72. The molecule has 18 heavy (non-hydrogen) atoms. The molecule has 0 aliphatic carbocycles. The molecule has 2 aromatic rings. The molecule has 0 aliphatic rings. The number of rotatable bonds is 2. The minimum Gasteiger partial charge on any atom is -0.508 e. The summed E-state index contributed by atoms with van der Waals surface area (Å²) < 4.78 is 0. The fourth-order valence-electron chi connectivity index (χ4n) is 1.51. The van der Waals surface area contributed by atoms with Gasteiger partial charge in [0, 0.05) is 12.3 Å². The van der Waals surface area contributed by atoms with E-state index in [1.807, 2.05) is 0 Å². The van der Waals surface area contributed by atoms with E-state index >= 15 is 0 Å². The Labute approximate surface area is 104 Å². The number of benzene rings is 1. The number of aromatic nitrogens is 1. The molecule has 0 aliphatic heterocycles. The largest absolute Gasteiger partial charge is 0.508 e. The fraction of sp³-hybridized carbons (Fsp3) is 0.154. The Hall–Kier alpha value is -2.43. The van der Waals surface area contributed by atoms with Gasteiger partial charge in [-0.05, 0) is 37.1 Å². The van der Waals surface area contributed by atoms with E-state index in [9.17, 15) is 10.2 Å². The summed E-state index contributed by atoms with van der Waals surface area (Å²) in [6.07, 6.45) is 1.61. The Morgan fingerprint density at radius 3 is 2.44 bits per heavy atom. The Balaban J connectivity index is 2.41. The predicted octanol–water partition coefficient (Wildman–Crippen LogP) is 3.53. The molecule has 0 unspecified atom stereocenters. The van der Waals surface area contributed by atoms with Crippen LogP contribution < -0.4 is 0 Å². The molecular weight excluding hydrogens is 230 g/mol. The van der Waals surface area contributed by atoms with Crippen LogP contribution in [-0.4, -0.2) is 15.2 Å². The van der Waals surface area contributed by atoms with Crippen LogP contribution in [-0.2, 0) is 0 Å². The number of aromatic hydroxyl groups is 2. The molecule has 5 nitrogen and oxygen atoms in total. The van der Waals surface area contributed by atoms with Gasteiger partial charge in [-0.1, -0.05) is 6.07 Å². The molecule has 0 saturated carbocycles. The molecule has 0 saturated heterocycles. The zero-order valence-electron chi connectivity index (χ0n) is 10.1. The molecule has 0 amide bonds. The lowest BCUT2D eigenvalue weighted by Crippen LogP contribution is -1.83. The van der Waals surface area contributed by atoms with Gasteiger partial charge < -0.3 is 10.2 Å². The lowest BCUT2D eigenvalue weighted by atomic mass is 10.1. The second-order valence-electron chi connectivity index (χ2n) is 3.90. The van der Waals surface area contributed by atoms with Crippen molar-refractivity contribution in [3.8, 4) is 11.5 Å². The molecule has 1 heterocycles. The first-order valence-electron chi connectivity index (χ1n) is 5.44. The maximum atomic E-state index is 9.74. The van der Waals surface area contributed by atoms with E-state index in [-0.39, 0.29) is 11.5 Å². The van der Waals surface area contributed by atoms with Gasteiger partial charge in [-0.15, -0.1) is 10.2 Å². The first-order valence-corrected chi connectivity index (χ1v) is 5.44. The van der Waals surface area contributed by atoms with Crippen molar-refractivity contribution in [1.82, 2.24) is 4.98 Å². The van der Waals surface area contributed by atoms with Gasteiger partial charge in [0.05, 0.1) is 0 Å². The number of azo groups is 1. The first-order chi connectivity index (χ1) is 8.59. The number of phenols is 2. The molecule has 1 aromatic heterocycles. The van der Waals surface area contributed by atoms with Crippen molar-refractivity contribution in [2.24, 2.45) is 10.2 Å². The maximum Gasteiger partial charge on any atom is 0.174 e. The number of nitrogens with zero attached hydrogens (tertiary/aromatic N) is 3. The molecule has 0 bridgehead atoms. The smallest absolute Gasteiger partial charge is 0.174 e. The highest BCUT2D eigenvalue weighted by atomic mass is 16.3. The van der Waals surface area contributed by atoms with Crippen molar-refractivity contribution in [2.75, 3.05) is 0 Å². The summed E-state index contributed by atoms with van der Waals surface area (Å²) in [6.45, 7) is 3.52. The Morgan fingerprint density at radius 2 is 1.78 bits per heavy atom. The predicted molar refractivity (Wildman–Crippen MR) is 67.7 cm³/mol. The number of hydrogen-bond acceptors (Lipinski definition) is 5. The second kappa shape index (κ2) is 4.83. The summed E-state index contributed by atoms with van der Waals surface area (Å²) in [5.74, 6) is 0.402. The van der Waals surface area contributed by atoms with Crippen molar-refractivity contribution in [2.45, 2.75) is 13.8 Å². The van der Waals surface area contributed by atoms with Crippen molar-refractivity contribution in [3.63, 3.8) is 0 Å². The average Bonchev–Trinajstić information content (AvgIpc) is 2.37. The number of hydrogen-bond donors (Lipinski definition) is 2. The summed E-state index contributed by atoms with van der Waals surface area (Å²) >= 11 is 0. The maximum absolute atomic E-state index is 9.74. The summed E-state index contributed by atoms with van der Waals surface area (Å²) in [5.41, 5.74) is 1.70. The third kappa shape index (κ3) is 2.29. The quantitative estimate of drug-likeness (QED) is 0.792. The van der Waals surface area contributed by atoms with E-state index in [4.69, 9.17) is 0 Å². The second-order valence-corrected chi connectivity index (χ2v) is 3.90. The summed E-state index contributed by atoms with van der Waals surface area (Å²) in [4.78, 5) is 4.00. The molecular formula is C13H13N3O2. The van der Waals surface area contributed by atoms with E-state index in [0.717, 1.165) is 0 Å². The third-order valence-corrected chi connectivity index (χ3v) is 2.72. The minimum atomic E-state index is -0.102. The van der Waals surface area contributed by atoms with Crippen LogP contribution in [0.2, 0.25) is 0 Å². The molecule has 0 radical (unpaired) electrons. The van der Waals surface area contributed by atoms with E-state index < -0.39 is 0 Å². The van der Waals surface area contributed by atoms with Crippen molar-refractivity contribution < 1.29 is 10.2 Å². The van der Waals surface area contributed by atoms with E-state index in [1.54, 1.807) is 38.2 Å². The molecule has 0 atom stereocenters. The minimum absolute atomic E-state index is 0.0433. The van der Waals surface area contributed by atoms with Crippen LogP contribution in [0.15, 0.2) is 40.7 Å². The average molecular weight is 243 g/mol. The van der Waals surface area contributed by atoms with Crippen LogP contribution in [0.3, 0.4) is 0 Å². The van der Waals surface area contributed by atoms with Crippen LogP contribution in [0.4, 0.5) is 11.5 Å². The van der Waals surface area contributed by atoms with E-state index in [2.05, 4.69) is 15.2 Å². The summed E-state index contributed by atoms with van der Waals surface area (Å²) in [6, 6.07) is 6.56. The van der Waals surface area contributed by atoms with Gasteiger partial charge in [0.2, 0.25) is 0 Å². The Morgan fingerprint density at radius 1 is 1.00 bits per heavy atom. The van der Waals surface area contributed by atoms with Gasteiger partial charge in [0.1, 0.15) is 17.2 Å². The molecule has 0 fully saturated rings. The summed E-state index contributed by atoms with van der Waals surface area (Å²) in [7, 11) is 0. The molecule has 2 rings (SSSR count). The molecule has 5 heteroatoms.